The molecule has 0 heterocycles. The Balaban J connectivity index is 0.00000220. The Bertz CT molecular complexity index is 436. The molecule has 2 N–H and O–H groups in total. The first-order valence-corrected chi connectivity index (χ1v) is 7.43. The number of carbonyl (C=O) groups excluding carboxylic acids is 1. The van der Waals surface area contributed by atoms with Gasteiger partial charge in [0, 0.05) is 24.8 Å². The average Bonchev–Trinajstić information content (AvgIpc) is 3.26. The summed E-state index contributed by atoms with van der Waals surface area (Å²) in [6.45, 7) is 3.76. The first kappa shape index (κ1) is 18.0. The zero-order chi connectivity index (χ0) is 14.5. The van der Waals surface area contributed by atoms with E-state index in [0.29, 0.717) is 31.6 Å². The number of rotatable bonds is 7. The summed E-state index contributed by atoms with van der Waals surface area (Å²) in [6, 6.07) is 10.2. The summed E-state index contributed by atoms with van der Waals surface area (Å²) in [6.07, 6.45) is 2.49. The molecule has 1 aliphatic carbocycles. The normalized spacial score (nSPS) is 15.4. The number of para-hydroxylation sites is 1. The predicted molar refractivity (Wildman–Crippen MR) is 89.9 cm³/mol. The van der Waals surface area contributed by atoms with E-state index in [-0.39, 0.29) is 18.3 Å². The molecular formula is C16H26ClN3O. The van der Waals surface area contributed by atoms with Gasteiger partial charge in [0.15, 0.2) is 0 Å². The van der Waals surface area contributed by atoms with Crippen LogP contribution in [0.2, 0.25) is 0 Å². The van der Waals surface area contributed by atoms with Crippen molar-refractivity contribution in [2.45, 2.75) is 25.8 Å². The smallest absolute Gasteiger partial charge is 0.241 e. The molecule has 1 aliphatic rings. The largest absolute Gasteiger partial charge is 0.329 e. The molecule has 0 spiro atoms. The fourth-order valence-electron chi connectivity index (χ4n) is 2.74. The van der Waals surface area contributed by atoms with Crippen LogP contribution in [0.25, 0.3) is 0 Å². The van der Waals surface area contributed by atoms with Crippen LogP contribution in [0.3, 0.4) is 0 Å². The number of nitrogens with zero attached hydrogens (tertiary/aromatic N) is 2. The van der Waals surface area contributed by atoms with Crippen LogP contribution in [-0.4, -0.2) is 43.5 Å². The molecule has 1 saturated carbocycles. The van der Waals surface area contributed by atoms with Crippen molar-refractivity contribution in [1.29, 1.82) is 0 Å². The highest BCUT2D eigenvalue weighted by molar-refractivity contribution is 5.94. The summed E-state index contributed by atoms with van der Waals surface area (Å²) in [5.74, 6) is 0.824. The van der Waals surface area contributed by atoms with E-state index in [1.807, 2.05) is 49.2 Å². The van der Waals surface area contributed by atoms with Crippen LogP contribution in [0, 0.1) is 5.92 Å². The van der Waals surface area contributed by atoms with E-state index >= 15 is 0 Å². The van der Waals surface area contributed by atoms with Crippen molar-refractivity contribution < 1.29 is 4.79 Å². The maximum atomic E-state index is 12.5. The summed E-state index contributed by atoms with van der Waals surface area (Å²) in [7, 11) is 2.01. The fourth-order valence-corrected chi connectivity index (χ4v) is 2.74. The zero-order valence-corrected chi connectivity index (χ0v) is 13.7. The minimum Gasteiger partial charge on any atom is -0.329 e. The summed E-state index contributed by atoms with van der Waals surface area (Å²) < 4.78 is 0. The standard InChI is InChI=1S/C16H25N3O.ClH/c1-3-19(14-7-5-4-6-8-14)16(20)12-18(2)15(11-17)13-9-10-13;/h4-8,13,15H,3,9-12,17H2,1-2H3;1H. The molecule has 21 heavy (non-hydrogen) atoms. The molecule has 1 aromatic rings. The van der Waals surface area contributed by atoms with E-state index in [2.05, 4.69) is 4.90 Å². The maximum absolute atomic E-state index is 12.5. The average molecular weight is 312 g/mol. The van der Waals surface area contributed by atoms with E-state index in [4.69, 9.17) is 5.73 Å². The number of hydrogen-bond acceptors (Lipinski definition) is 3. The number of anilines is 1. The van der Waals surface area contributed by atoms with Crippen LogP contribution in [0.4, 0.5) is 5.69 Å². The second-order valence-electron chi connectivity index (χ2n) is 5.53. The van der Waals surface area contributed by atoms with Crippen molar-refractivity contribution in [2.24, 2.45) is 11.7 Å². The molecule has 0 bridgehead atoms. The van der Waals surface area contributed by atoms with Crippen molar-refractivity contribution in [1.82, 2.24) is 4.90 Å². The van der Waals surface area contributed by atoms with Crippen LogP contribution in [-0.2, 0) is 4.79 Å². The summed E-state index contributed by atoms with van der Waals surface area (Å²) in [5, 5.41) is 0. The molecule has 1 atom stereocenters. The number of carbonyl (C=O) groups is 1. The van der Waals surface area contributed by atoms with Gasteiger partial charge in [-0.1, -0.05) is 18.2 Å². The Kier molecular flexibility index (Phi) is 7.15. The molecular weight excluding hydrogens is 286 g/mol. The van der Waals surface area contributed by atoms with Crippen molar-refractivity contribution in [3.05, 3.63) is 30.3 Å². The molecule has 1 amide bonds. The van der Waals surface area contributed by atoms with E-state index < -0.39 is 0 Å². The molecule has 1 fully saturated rings. The van der Waals surface area contributed by atoms with E-state index in [1.165, 1.54) is 12.8 Å². The first-order chi connectivity index (χ1) is 9.67. The molecule has 118 valence electrons. The maximum Gasteiger partial charge on any atom is 0.241 e. The predicted octanol–water partition coefficient (Wildman–Crippen LogP) is 2.13. The van der Waals surface area contributed by atoms with Gasteiger partial charge in [-0.25, -0.2) is 0 Å². The zero-order valence-electron chi connectivity index (χ0n) is 12.9. The Morgan fingerprint density at radius 2 is 1.95 bits per heavy atom. The number of halogens is 1. The van der Waals surface area contributed by atoms with Gasteiger partial charge < -0.3 is 10.6 Å². The number of hydrogen-bond donors (Lipinski definition) is 1. The highest BCUT2D eigenvalue weighted by atomic mass is 35.5. The van der Waals surface area contributed by atoms with Crippen molar-refractivity contribution in [3.63, 3.8) is 0 Å². The number of nitrogens with two attached hydrogens (primary N) is 1. The summed E-state index contributed by atoms with van der Waals surface area (Å²) >= 11 is 0. The van der Waals surface area contributed by atoms with Gasteiger partial charge in [-0.15, -0.1) is 12.4 Å². The van der Waals surface area contributed by atoms with Gasteiger partial charge >= 0.3 is 0 Å². The Morgan fingerprint density at radius 3 is 2.43 bits per heavy atom. The van der Waals surface area contributed by atoms with Gasteiger partial charge in [0.25, 0.3) is 0 Å². The molecule has 1 unspecified atom stereocenters. The van der Waals surface area contributed by atoms with E-state index in [1.54, 1.807) is 0 Å². The Labute approximate surface area is 133 Å². The lowest BCUT2D eigenvalue weighted by Gasteiger charge is -2.29. The fraction of sp³-hybridized carbons (Fsp3) is 0.562. The molecule has 5 heteroatoms. The molecule has 0 aromatic heterocycles. The van der Waals surface area contributed by atoms with Gasteiger partial charge in [-0.05, 0) is 44.9 Å². The molecule has 4 nitrogen and oxygen atoms in total. The van der Waals surface area contributed by atoms with Crippen LogP contribution in [0.15, 0.2) is 30.3 Å². The highest BCUT2D eigenvalue weighted by Crippen LogP contribution is 2.34. The summed E-state index contributed by atoms with van der Waals surface area (Å²) in [5.41, 5.74) is 6.81. The quantitative estimate of drug-likeness (QED) is 0.839. The topological polar surface area (TPSA) is 49.6 Å². The SMILES string of the molecule is CCN(C(=O)CN(C)C(CN)C1CC1)c1ccccc1.Cl. The Morgan fingerprint density at radius 1 is 1.33 bits per heavy atom. The monoisotopic (exact) mass is 311 g/mol. The third-order valence-corrected chi connectivity index (χ3v) is 4.04. The molecule has 0 saturated heterocycles. The minimum absolute atomic E-state index is 0. The lowest BCUT2D eigenvalue weighted by molar-refractivity contribution is -0.119. The van der Waals surface area contributed by atoms with Gasteiger partial charge in [0.2, 0.25) is 5.91 Å². The van der Waals surface area contributed by atoms with Crippen LogP contribution in [0.5, 0.6) is 0 Å². The minimum atomic E-state index is 0. The van der Waals surface area contributed by atoms with Crippen molar-refractivity contribution in [3.8, 4) is 0 Å². The van der Waals surface area contributed by atoms with E-state index in [0.717, 1.165) is 5.69 Å². The third kappa shape index (κ3) is 4.70. The van der Waals surface area contributed by atoms with Crippen LogP contribution >= 0.6 is 12.4 Å². The van der Waals surface area contributed by atoms with Crippen molar-refractivity contribution in [2.75, 3.05) is 31.6 Å². The lowest BCUT2D eigenvalue weighted by atomic mass is 10.1. The lowest BCUT2D eigenvalue weighted by Crippen LogP contribution is -2.46. The molecule has 0 aliphatic heterocycles. The van der Waals surface area contributed by atoms with Gasteiger partial charge in [-0.2, -0.15) is 0 Å². The van der Waals surface area contributed by atoms with Gasteiger partial charge in [0.05, 0.1) is 6.54 Å². The molecule has 2 rings (SSSR count). The second-order valence-corrected chi connectivity index (χ2v) is 5.53. The second kappa shape index (κ2) is 8.37. The first-order valence-electron chi connectivity index (χ1n) is 7.43. The van der Waals surface area contributed by atoms with Gasteiger partial charge in [0.1, 0.15) is 0 Å². The summed E-state index contributed by atoms with van der Waals surface area (Å²) in [4.78, 5) is 16.4. The van der Waals surface area contributed by atoms with Crippen molar-refractivity contribution >= 4 is 24.0 Å². The van der Waals surface area contributed by atoms with Crippen LogP contribution in [0.1, 0.15) is 19.8 Å². The number of amides is 1. The van der Waals surface area contributed by atoms with Gasteiger partial charge in [-0.3, -0.25) is 9.69 Å². The van der Waals surface area contributed by atoms with Crippen LogP contribution < -0.4 is 10.6 Å². The highest BCUT2D eigenvalue weighted by Gasteiger charge is 2.33. The Hall–Kier alpha value is -1.10. The van der Waals surface area contributed by atoms with E-state index in [9.17, 15) is 4.79 Å². The molecule has 0 radical (unpaired) electrons. The third-order valence-electron chi connectivity index (χ3n) is 4.04. The molecule has 1 aromatic carbocycles. The number of benzene rings is 1. The number of likely N-dealkylation sites (N-methyl/N-ethyl adjacent to an activating group) is 2.